The minimum atomic E-state index is -1.33. The average Bonchev–Trinajstić information content (AvgIpc) is 3.10. The molecule has 1 aromatic rings. The molecule has 0 bridgehead atoms. The summed E-state index contributed by atoms with van der Waals surface area (Å²) in [5, 5.41) is 23.5. The van der Waals surface area contributed by atoms with E-state index in [1.54, 1.807) is 38.1 Å². The number of aliphatic carboxylic acids is 1. The van der Waals surface area contributed by atoms with Crippen LogP contribution < -0.4 is 5.32 Å². The molecule has 0 spiro atoms. The Hall–Kier alpha value is -3.90. The van der Waals surface area contributed by atoms with Gasteiger partial charge in [-0.3, -0.25) is 14.4 Å². The highest BCUT2D eigenvalue weighted by molar-refractivity contribution is 5.95. The van der Waals surface area contributed by atoms with Crippen molar-refractivity contribution < 1.29 is 19.5 Å². The third-order valence-electron chi connectivity index (χ3n) is 8.73. The molecule has 2 rings (SSSR count). The Morgan fingerprint density at radius 1 is 1.18 bits per heavy atom. The number of amides is 2. The number of hydrogen-bond acceptors (Lipinski definition) is 6. The van der Waals surface area contributed by atoms with Crippen molar-refractivity contribution in [2.75, 3.05) is 47.8 Å². The number of nitrogens with zero attached hydrogens (tertiary/aromatic N) is 4. The van der Waals surface area contributed by atoms with Gasteiger partial charge in [0.1, 0.15) is 11.5 Å². The SMILES string of the molecule is C=C(/C(C)=C/CCC1=C(C)C(CCNCC(=O)N(CCC)C(C)C#N)(C(=O)O)c2ccc(C(=O)N(C)C)cc2CC1)N(C)C. The van der Waals surface area contributed by atoms with Gasteiger partial charge in [0.15, 0.2) is 0 Å². The van der Waals surface area contributed by atoms with Crippen LogP contribution >= 0.6 is 0 Å². The molecule has 2 unspecified atom stereocenters. The van der Waals surface area contributed by atoms with E-state index in [2.05, 4.69) is 24.0 Å². The quantitative estimate of drug-likeness (QED) is 0.166. The summed E-state index contributed by atoms with van der Waals surface area (Å²) in [6, 6.07) is 6.97. The van der Waals surface area contributed by atoms with E-state index in [0.29, 0.717) is 36.9 Å². The molecule has 1 aromatic carbocycles. The zero-order valence-electron chi connectivity index (χ0n) is 27.9. The predicted molar refractivity (Wildman–Crippen MR) is 175 cm³/mol. The number of nitriles is 1. The third-order valence-corrected chi connectivity index (χ3v) is 8.73. The second kappa shape index (κ2) is 16.2. The molecular weight excluding hydrogens is 554 g/mol. The molecular formula is C35H51N5O4. The number of aryl methyl sites for hydroxylation is 1. The highest BCUT2D eigenvalue weighted by Gasteiger charge is 2.45. The first-order valence-corrected chi connectivity index (χ1v) is 15.4. The molecule has 44 heavy (non-hydrogen) atoms. The molecule has 0 aromatic heterocycles. The number of carbonyl (C=O) groups is 3. The van der Waals surface area contributed by atoms with E-state index < -0.39 is 17.4 Å². The van der Waals surface area contributed by atoms with Gasteiger partial charge in [-0.15, -0.1) is 0 Å². The summed E-state index contributed by atoms with van der Waals surface area (Å²) < 4.78 is 0. The van der Waals surface area contributed by atoms with Gasteiger partial charge < -0.3 is 25.1 Å². The van der Waals surface area contributed by atoms with Crippen molar-refractivity contribution in [3.8, 4) is 6.07 Å². The van der Waals surface area contributed by atoms with Gasteiger partial charge in [-0.2, -0.15) is 5.26 Å². The Labute approximate surface area is 263 Å². The minimum absolute atomic E-state index is 0.0142. The highest BCUT2D eigenvalue weighted by atomic mass is 16.4. The molecule has 0 heterocycles. The van der Waals surface area contributed by atoms with E-state index in [0.717, 1.165) is 40.8 Å². The number of carbonyl (C=O) groups excluding carboxylic acids is 2. The first-order chi connectivity index (χ1) is 20.7. The maximum absolute atomic E-state index is 13.4. The molecule has 0 radical (unpaired) electrons. The highest BCUT2D eigenvalue weighted by Crippen LogP contribution is 2.44. The molecule has 2 atom stereocenters. The molecule has 0 aliphatic heterocycles. The Balaban J connectivity index is 2.49. The molecule has 9 nitrogen and oxygen atoms in total. The second-order valence-electron chi connectivity index (χ2n) is 12.1. The Kier molecular flexibility index (Phi) is 13.4. The fourth-order valence-corrected chi connectivity index (χ4v) is 5.95. The molecule has 0 saturated heterocycles. The van der Waals surface area contributed by atoms with Crippen LogP contribution in [0.3, 0.4) is 0 Å². The second-order valence-corrected chi connectivity index (χ2v) is 12.1. The lowest BCUT2D eigenvalue weighted by atomic mass is 9.69. The average molecular weight is 606 g/mol. The van der Waals surface area contributed by atoms with Crippen LogP contribution in [0.25, 0.3) is 0 Å². The molecule has 2 amide bonds. The van der Waals surface area contributed by atoms with Crippen LogP contribution in [0, 0.1) is 11.3 Å². The largest absolute Gasteiger partial charge is 0.480 e. The number of allylic oxidation sites excluding steroid dienone is 3. The van der Waals surface area contributed by atoms with Gasteiger partial charge in [0.2, 0.25) is 5.91 Å². The number of nitrogens with one attached hydrogen (secondary N) is 1. The van der Waals surface area contributed by atoms with Gasteiger partial charge >= 0.3 is 5.97 Å². The maximum Gasteiger partial charge on any atom is 0.318 e. The van der Waals surface area contributed by atoms with Gasteiger partial charge in [0.05, 0.1) is 12.6 Å². The Morgan fingerprint density at radius 3 is 2.43 bits per heavy atom. The number of likely N-dealkylation sites (N-methyl/N-ethyl adjacent to an activating group) is 1. The summed E-state index contributed by atoms with van der Waals surface area (Å²) in [6.45, 7) is 12.5. The Bertz CT molecular complexity index is 1340. The van der Waals surface area contributed by atoms with Crippen LogP contribution in [0.2, 0.25) is 0 Å². The van der Waals surface area contributed by atoms with Crippen LogP contribution in [-0.4, -0.2) is 91.5 Å². The van der Waals surface area contributed by atoms with Gasteiger partial charge in [-0.05, 0) is 94.7 Å². The first-order valence-electron chi connectivity index (χ1n) is 15.4. The standard InChI is InChI=1S/C35H51N5O4/c1-10-20-40(25(3)22-36)32(41)23-37-19-18-35(34(43)44)26(4)28(13-11-12-24(2)27(5)38(6)7)14-15-29-21-30(16-17-31(29)35)33(42)39(8)9/h12,16-17,21,25,37H,5,10-11,13-15,18-20,23H2,1-4,6-9H3,(H,43,44)/b24-12+. The zero-order chi connectivity index (χ0) is 33.2. The van der Waals surface area contributed by atoms with Crippen LogP contribution in [0.4, 0.5) is 0 Å². The van der Waals surface area contributed by atoms with Crippen molar-refractivity contribution in [3.63, 3.8) is 0 Å². The number of fused-ring (bicyclic) bond motifs is 1. The first kappa shape index (κ1) is 36.3. The topological polar surface area (TPSA) is 117 Å². The van der Waals surface area contributed by atoms with Crippen LogP contribution in [0.5, 0.6) is 0 Å². The summed E-state index contributed by atoms with van der Waals surface area (Å²) in [5.41, 5.74) is 4.67. The maximum atomic E-state index is 13.4. The molecule has 0 saturated carbocycles. The third kappa shape index (κ3) is 8.38. The van der Waals surface area contributed by atoms with Crippen molar-refractivity contribution in [1.29, 1.82) is 5.26 Å². The molecule has 0 fully saturated rings. The molecule has 1 aliphatic rings. The summed E-state index contributed by atoms with van der Waals surface area (Å²) in [5.74, 6) is -1.27. The minimum Gasteiger partial charge on any atom is -0.480 e. The summed E-state index contributed by atoms with van der Waals surface area (Å²) in [4.78, 5) is 44.2. The van der Waals surface area contributed by atoms with E-state index in [1.165, 1.54) is 4.90 Å². The lowest BCUT2D eigenvalue weighted by Gasteiger charge is -2.34. The van der Waals surface area contributed by atoms with Crippen molar-refractivity contribution in [3.05, 3.63) is 70.0 Å². The van der Waals surface area contributed by atoms with Gasteiger partial charge in [-0.25, -0.2) is 0 Å². The van der Waals surface area contributed by atoms with E-state index in [9.17, 15) is 24.8 Å². The molecule has 240 valence electrons. The van der Waals surface area contributed by atoms with Crippen molar-refractivity contribution in [2.24, 2.45) is 0 Å². The van der Waals surface area contributed by atoms with Crippen LogP contribution in [-0.2, 0) is 21.4 Å². The van der Waals surface area contributed by atoms with E-state index in [4.69, 9.17) is 0 Å². The van der Waals surface area contributed by atoms with Crippen molar-refractivity contribution >= 4 is 17.8 Å². The monoisotopic (exact) mass is 605 g/mol. The van der Waals surface area contributed by atoms with E-state index >= 15 is 0 Å². The fourth-order valence-electron chi connectivity index (χ4n) is 5.95. The number of carboxylic acid groups (broad SMARTS) is 1. The summed E-state index contributed by atoms with van der Waals surface area (Å²) >= 11 is 0. The smallest absolute Gasteiger partial charge is 0.318 e. The predicted octanol–water partition coefficient (Wildman–Crippen LogP) is 4.91. The molecule has 1 aliphatic carbocycles. The summed E-state index contributed by atoms with van der Waals surface area (Å²) in [6.07, 6.45) is 5.89. The zero-order valence-corrected chi connectivity index (χ0v) is 27.9. The Morgan fingerprint density at radius 2 is 1.86 bits per heavy atom. The van der Waals surface area contributed by atoms with Gasteiger partial charge in [0.25, 0.3) is 5.91 Å². The number of hydrogen-bond donors (Lipinski definition) is 2. The van der Waals surface area contributed by atoms with Crippen LogP contribution in [0.15, 0.2) is 53.3 Å². The van der Waals surface area contributed by atoms with E-state index in [1.807, 2.05) is 45.8 Å². The lowest BCUT2D eigenvalue weighted by molar-refractivity contribution is -0.142. The number of carboxylic acids is 1. The van der Waals surface area contributed by atoms with Gasteiger partial charge in [0, 0.05) is 46.0 Å². The number of rotatable bonds is 15. The molecule has 2 N–H and O–H groups in total. The van der Waals surface area contributed by atoms with Crippen molar-refractivity contribution in [2.45, 2.75) is 77.7 Å². The number of benzene rings is 1. The fraction of sp³-hybridized carbons (Fsp3) is 0.543. The summed E-state index contributed by atoms with van der Waals surface area (Å²) in [7, 11) is 7.31. The van der Waals surface area contributed by atoms with Crippen LogP contribution in [0.1, 0.15) is 81.3 Å². The molecule has 9 heteroatoms. The van der Waals surface area contributed by atoms with Crippen molar-refractivity contribution in [1.82, 2.24) is 20.0 Å². The van der Waals surface area contributed by atoms with E-state index in [-0.39, 0.29) is 31.3 Å². The lowest BCUT2D eigenvalue weighted by Crippen LogP contribution is -2.45. The van der Waals surface area contributed by atoms with Gasteiger partial charge in [-0.1, -0.05) is 36.8 Å². The normalized spacial score (nSPS) is 17.2.